The van der Waals surface area contributed by atoms with Crippen LogP contribution in [0.2, 0.25) is 0 Å². The van der Waals surface area contributed by atoms with Crippen LogP contribution in [0.3, 0.4) is 0 Å². The monoisotopic (exact) mass is 289 g/mol. The van der Waals surface area contributed by atoms with E-state index in [2.05, 4.69) is 46.9 Å². The minimum Gasteiger partial charge on any atom is -0.378 e. The summed E-state index contributed by atoms with van der Waals surface area (Å²) in [5, 5.41) is 4.17. The molecule has 0 aromatic carbocycles. The van der Waals surface area contributed by atoms with Crippen molar-refractivity contribution in [1.29, 1.82) is 0 Å². The summed E-state index contributed by atoms with van der Waals surface area (Å²) in [5.41, 5.74) is 3.60. The molecule has 1 aliphatic rings. The van der Waals surface area contributed by atoms with E-state index in [1.807, 2.05) is 6.92 Å². The van der Waals surface area contributed by atoms with Crippen molar-refractivity contribution >= 4 is 0 Å². The summed E-state index contributed by atoms with van der Waals surface area (Å²) >= 11 is 0. The first-order valence-electron chi connectivity index (χ1n) is 7.57. The van der Waals surface area contributed by atoms with Gasteiger partial charge in [-0.3, -0.25) is 4.90 Å². The molecule has 0 saturated carbocycles. The van der Waals surface area contributed by atoms with Gasteiger partial charge in [-0.25, -0.2) is 0 Å². The average Bonchev–Trinajstić information content (AvgIpc) is 3.07. The summed E-state index contributed by atoms with van der Waals surface area (Å²) in [6.45, 7) is 7.45. The number of hydrogen-bond donors (Lipinski definition) is 0. The maximum absolute atomic E-state index is 5.70. The first-order valence-corrected chi connectivity index (χ1v) is 7.57. The van der Waals surface area contributed by atoms with Gasteiger partial charge in [0.15, 0.2) is 0 Å². The van der Waals surface area contributed by atoms with E-state index >= 15 is 0 Å². The lowest BCUT2D eigenvalue weighted by molar-refractivity contribution is -0.0154. The topological polar surface area (TPSA) is 43.4 Å². The van der Waals surface area contributed by atoms with Crippen molar-refractivity contribution in [1.82, 2.24) is 14.6 Å². The van der Waals surface area contributed by atoms with Crippen molar-refractivity contribution in [3.05, 3.63) is 41.0 Å². The van der Waals surface area contributed by atoms with Crippen LogP contribution in [0, 0.1) is 6.92 Å². The van der Waals surface area contributed by atoms with E-state index in [1.54, 1.807) is 0 Å². The Hall–Kier alpha value is -1.59. The van der Waals surface area contributed by atoms with Gasteiger partial charge < -0.3 is 13.8 Å². The van der Waals surface area contributed by atoms with Gasteiger partial charge >= 0.3 is 0 Å². The van der Waals surface area contributed by atoms with Gasteiger partial charge in [-0.2, -0.15) is 0 Å². The number of morpholine rings is 1. The van der Waals surface area contributed by atoms with Gasteiger partial charge in [0.2, 0.25) is 0 Å². The Morgan fingerprint density at radius 3 is 3.00 bits per heavy atom. The van der Waals surface area contributed by atoms with Crippen molar-refractivity contribution < 1.29 is 9.26 Å². The molecular weight excluding hydrogens is 266 g/mol. The third kappa shape index (κ3) is 2.76. The molecule has 0 radical (unpaired) electrons. The lowest BCUT2D eigenvalue weighted by atomic mass is 10.1. The van der Waals surface area contributed by atoms with Crippen LogP contribution in [0.5, 0.6) is 0 Å². The van der Waals surface area contributed by atoms with E-state index < -0.39 is 0 Å². The van der Waals surface area contributed by atoms with Crippen LogP contribution in [0.4, 0.5) is 0 Å². The lowest BCUT2D eigenvalue weighted by Gasteiger charge is -2.35. The Bertz CT molecular complexity index is 602. The zero-order valence-electron chi connectivity index (χ0n) is 13.0. The second-order valence-corrected chi connectivity index (χ2v) is 5.62. The molecular formula is C16H23N3O2. The molecule has 1 aliphatic heterocycles. The molecule has 2 aromatic heterocycles. The van der Waals surface area contributed by atoms with Crippen molar-refractivity contribution in [2.75, 3.05) is 19.8 Å². The predicted octanol–water partition coefficient (Wildman–Crippen LogP) is 2.46. The fourth-order valence-corrected chi connectivity index (χ4v) is 3.04. The SMILES string of the molecule is CCc1noc(C)c1CN1CCOC[C@H]1c1cccn1C. The fourth-order valence-electron chi connectivity index (χ4n) is 3.04. The molecule has 1 fully saturated rings. The van der Waals surface area contributed by atoms with Crippen molar-refractivity contribution in [2.45, 2.75) is 32.9 Å². The minimum atomic E-state index is 0.290. The summed E-state index contributed by atoms with van der Waals surface area (Å²) < 4.78 is 13.2. The third-order valence-electron chi connectivity index (χ3n) is 4.33. The molecule has 0 N–H and O–H groups in total. The van der Waals surface area contributed by atoms with Gasteiger partial charge in [0.1, 0.15) is 5.76 Å². The van der Waals surface area contributed by atoms with Crippen molar-refractivity contribution in [3.8, 4) is 0 Å². The summed E-state index contributed by atoms with van der Waals surface area (Å²) in [6.07, 6.45) is 3.00. The number of hydrogen-bond acceptors (Lipinski definition) is 4. The summed E-state index contributed by atoms with van der Waals surface area (Å²) in [5.74, 6) is 0.934. The number of nitrogens with zero attached hydrogens (tertiary/aromatic N) is 3. The summed E-state index contributed by atoms with van der Waals surface area (Å²) in [6, 6.07) is 4.55. The molecule has 1 atom stereocenters. The number of rotatable bonds is 4. The second kappa shape index (κ2) is 6.03. The second-order valence-electron chi connectivity index (χ2n) is 5.62. The summed E-state index contributed by atoms with van der Waals surface area (Å²) in [7, 11) is 2.09. The molecule has 3 rings (SSSR count). The highest BCUT2D eigenvalue weighted by Gasteiger charge is 2.28. The van der Waals surface area contributed by atoms with Gasteiger partial charge in [0.05, 0.1) is 24.9 Å². The van der Waals surface area contributed by atoms with Gasteiger partial charge in [0, 0.05) is 37.6 Å². The highest BCUT2D eigenvalue weighted by atomic mass is 16.5. The normalized spacial score (nSPS) is 20.0. The highest BCUT2D eigenvalue weighted by molar-refractivity contribution is 5.23. The van der Waals surface area contributed by atoms with Gasteiger partial charge in [-0.15, -0.1) is 0 Å². The highest BCUT2D eigenvalue weighted by Crippen LogP contribution is 2.27. The van der Waals surface area contributed by atoms with Gasteiger partial charge in [-0.1, -0.05) is 12.1 Å². The van der Waals surface area contributed by atoms with Crippen LogP contribution in [-0.2, 0) is 24.8 Å². The molecule has 1 saturated heterocycles. The maximum atomic E-state index is 5.70. The summed E-state index contributed by atoms with van der Waals surface area (Å²) in [4.78, 5) is 2.47. The van der Waals surface area contributed by atoms with E-state index in [0.29, 0.717) is 0 Å². The minimum absolute atomic E-state index is 0.290. The van der Waals surface area contributed by atoms with Crippen molar-refractivity contribution in [3.63, 3.8) is 0 Å². The van der Waals surface area contributed by atoms with E-state index in [1.165, 1.54) is 11.3 Å². The number of aromatic nitrogens is 2. The van der Waals surface area contributed by atoms with E-state index in [4.69, 9.17) is 9.26 Å². The third-order valence-corrected chi connectivity index (χ3v) is 4.33. The molecule has 21 heavy (non-hydrogen) atoms. The van der Waals surface area contributed by atoms with E-state index in [0.717, 1.165) is 44.2 Å². The molecule has 0 unspecified atom stereocenters. The molecule has 5 heteroatoms. The number of ether oxygens (including phenoxy) is 1. The predicted molar refractivity (Wildman–Crippen MR) is 80.0 cm³/mol. The van der Waals surface area contributed by atoms with Crippen LogP contribution in [-0.4, -0.2) is 34.4 Å². The Balaban J connectivity index is 1.85. The smallest absolute Gasteiger partial charge is 0.138 e. The van der Waals surface area contributed by atoms with Gasteiger partial charge in [-0.05, 0) is 25.5 Å². The molecule has 3 heterocycles. The standard InChI is InChI=1S/C16H23N3O2/c1-4-14-13(12(2)21-17-14)10-19-8-9-20-11-16(19)15-6-5-7-18(15)3/h5-7,16H,4,8-11H2,1-3H3/t16-/m0/s1. The van der Waals surface area contributed by atoms with Crippen LogP contribution in [0.15, 0.2) is 22.9 Å². The first-order chi connectivity index (χ1) is 10.2. The van der Waals surface area contributed by atoms with E-state index in [9.17, 15) is 0 Å². The first kappa shape index (κ1) is 14.4. The van der Waals surface area contributed by atoms with Crippen LogP contribution >= 0.6 is 0 Å². The average molecular weight is 289 g/mol. The zero-order chi connectivity index (χ0) is 14.8. The van der Waals surface area contributed by atoms with Crippen LogP contribution < -0.4 is 0 Å². The lowest BCUT2D eigenvalue weighted by Crippen LogP contribution is -2.40. The molecule has 0 amide bonds. The number of aryl methyl sites for hydroxylation is 3. The Morgan fingerprint density at radius 1 is 1.43 bits per heavy atom. The Labute approximate surface area is 125 Å². The quantitative estimate of drug-likeness (QED) is 0.867. The van der Waals surface area contributed by atoms with Gasteiger partial charge in [0.25, 0.3) is 0 Å². The van der Waals surface area contributed by atoms with Crippen molar-refractivity contribution in [2.24, 2.45) is 7.05 Å². The van der Waals surface area contributed by atoms with E-state index in [-0.39, 0.29) is 6.04 Å². The Kier molecular flexibility index (Phi) is 4.12. The molecule has 2 aromatic rings. The molecule has 0 bridgehead atoms. The largest absolute Gasteiger partial charge is 0.378 e. The Morgan fingerprint density at radius 2 is 2.29 bits per heavy atom. The molecule has 0 spiro atoms. The molecule has 0 aliphatic carbocycles. The molecule has 114 valence electrons. The van der Waals surface area contributed by atoms with Crippen LogP contribution in [0.25, 0.3) is 0 Å². The fraction of sp³-hybridized carbons (Fsp3) is 0.562. The maximum Gasteiger partial charge on any atom is 0.138 e. The zero-order valence-corrected chi connectivity index (χ0v) is 13.0. The molecule has 5 nitrogen and oxygen atoms in total. The van der Waals surface area contributed by atoms with Crippen LogP contribution in [0.1, 0.15) is 35.7 Å².